The lowest BCUT2D eigenvalue weighted by atomic mass is 10.3. The smallest absolute Gasteiger partial charge is 0.0823 e. The Balaban J connectivity index is 2.18. The highest BCUT2D eigenvalue weighted by atomic mass is 32.1. The number of aryl methyl sites for hydroxylation is 2. The van der Waals surface area contributed by atoms with Crippen molar-refractivity contribution in [3.63, 3.8) is 0 Å². The summed E-state index contributed by atoms with van der Waals surface area (Å²) in [5.41, 5.74) is 8.67. The number of thiophene rings is 1. The van der Waals surface area contributed by atoms with Gasteiger partial charge in [-0.2, -0.15) is 5.10 Å². The Labute approximate surface area is 87.2 Å². The van der Waals surface area contributed by atoms with E-state index in [-0.39, 0.29) is 0 Å². The molecule has 2 heterocycles. The first kappa shape index (κ1) is 9.27. The number of nitrogens with two attached hydrogens (primary N) is 1. The van der Waals surface area contributed by atoms with E-state index in [1.807, 2.05) is 17.8 Å². The molecule has 4 heteroatoms. The number of aromatic nitrogens is 2. The van der Waals surface area contributed by atoms with E-state index in [0.717, 1.165) is 17.9 Å². The van der Waals surface area contributed by atoms with Crippen LogP contribution < -0.4 is 5.73 Å². The first-order valence-corrected chi connectivity index (χ1v) is 5.36. The van der Waals surface area contributed by atoms with Gasteiger partial charge in [0, 0.05) is 11.1 Å². The molecule has 0 radical (unpaired) electrons. The van der Waals surface area contributed by atoms with E-state index in [2.05, 4.69) is 23.5 Å². The van der Waals surface area contributed by atoms with Crippen LogP contribution in [-0.2, 0) is 6.54 Å². The third kappa shape index (κ3) is 1.80. The Bertz CT molecular complexity index is 422. The van der Waals surface area contributed by atoms with Crippen LogP contribution in [0.2, 0.25) is 0 Å². The highest BCUT2D eigenvalue weighted by Crippen LogP contribution is 2.15. The molecule has 0 bridgehead atoms. The van der Waals surface area contributed by atoms with Crippen LogP contribution in [0.15, 0.2) is 17.6 Å². The largest absolute Gasteiger partial charge is 0.396 e. The number of anilines is 1. The number of nitrogen functional groups attached to an aromatic ring is 1. The van der Waals surface area contributed by atoms with Crippen molar-refractivity contribution in [2.75, 3.05) is 5.73 Å². The molecule has 0 saturated heterocycles. The van der Waals surface area contributed by atoms with Crippen LogP contribution in [0.1, 0.15) is 16.1 Å². The van der Waals surface area contributed by atoms with Gasteiger partial charge in [0.1, 0.15) is 0 Å². The van der Waals surface area contributed by atoms with Crippen molar-refractivity contribution in [1.29, 1.82) is 0 Å². The molecular formula is C10H13N3S. The topological polar surface area (TPSA) is 43.8 Å². The summed E-state index contributed by atoms with van der Waals surface area (Å²) in [4.78, 5) is 1.33. The summed E-state index contributed by atoms with van der Waals surface area (Å²) >= 11 is 1.76. The highest BCUT2D eigenvalue weighted by molar-refractivity contribution is 7.10. The Hall–Kier alpha value is -1.29. The van der Waals surface area contributed by atoms with Crippen LogP contribution in [0.5, 0.6) is 0 Å². The number of hydrogen-bond donors (Lipinski definition) is 1. The summed E-state index contributed by atoms with van der Waals surface area (Å²) in [7, 11) is 0. The number of nitrogens with zero attached hydrogens (tertiary/aromatic N) is 2. The van der Waals surface area contributed by atoms with Crippen molar-refractivity contribution in [3.05, 3.63) is 33.8 Å². The third-order valence-electron chi connectivity index (χ3n) is 2.11. The van der Waals surface area contributed by atoms with Crippen molar-refractivity contribution in [2.45, 2.75) is 20.4 Å². The number of hydrogen-bond acceptors (Lipinski definition) is 3. The lowest BCUT2D eigenvalue weighted by molar-refractivity contribution is 0.681. The van der Waals surface area contributed by atoms with Gasteiger partial charge < -0.3 is 5.73 Å². The minimum Gasteiger partial charge on any atom is -0.396 e. The van der Waals surface area contributed by atoms with Gasteiger partial charge in [0.25, 0.3) is 0 Å². The predicted molar refractivity (Wildman–Crippen MR) is 59.5 cm³/mol. The molecule has 0 aliphatic rings. The summed E-state index contributed by atoms with van der Waals surface area (Å²) < 4.78 is 1.88. The van der Waals surface area contributed by atoms with Gasteiger partial charge in [-0.15, -0.1) is 11.3 Å². The maximum Gasteiger partial charge on any atom is 0.0823 e. The zero-order valence-electron chi connectivity index (χ0n) is 8.32. The summed E-state index contributed by atoms with van der Waals surface area (Å²) in [6.45, 7) is 4.84. The van der Waals surface area contributed by atoms with Crippen LogP contribution >= 0.6 is 11.3 Å². The van der Waals surface area contributed by atoms with Gasteiger partial charge in [0.2, 0.25) is 0 Å². The van der Waals surface area contributed by atoms with E-state index < -0.39 is 0 Å². The van der Waals surface area contributed by atoms with Gasteiger partial charge in [-0.3, -0.25) is 4.68 Å². The molecule has 2 rings (SSSR count). The first-order chi connectivity index (χ1) is 6.65. The van der Waals surface area contributed by atoms with Crippen LogP contribution in [0, 0.1) is 13.8 Å². The third-order valence-corrected chi connectivity index (χ3v) is 3.02. The van der Waals surface area contributed by atoms with Crippen molar-refractivity contribution in [3.8, 4) is 0 Å². The molecule has 0 aliphatic carbocycles. The minimum absolute atomic E-state index is 0.761. The molecular weight excluding hydrogens is 194 g/mol. The zero-order chi connectivity index (χ0) is 10.1. The fourth-order valence-corrected chi connectivity index (χ4v) is 2.08. The van der Waals surface area contributed by atoms with E-state index in [4.69, 9.17) is 5.73 Å². The van der Waals surface area contributed by atoms with E-state index in [1.165, 1.54) is 10.4 Å². The SMILES string of the molecule is Cc1cc(Cn2cc(N)c(C)n2)cs1. The summed E-state index contributed by atoms with van der Waals surface area (Å²) in [6, 6.07) is 2.18. The second-order valence-electron chi connectivity index (χ2n) is 3.43. The molecule has 0 fully saturated rings. The maximum absolute atomic E-state index is 5.72. The highest BCUT2D eigenvalue weighted by Gasteiger charge is 2.02. The Morgan fingerprint density at radius 3 is 2.79 bits per heavy atom. The first-order valence-electron chi connectivity index (χ1n) is 4.48. The van der Waals surface area contributed by atoms with Crippen molar-refractivity contribution < 1.29 is 0 Å². The van der Waals surface area contributed by atoms with Crippen LogP contribution in [-0.4, -0.2) is 9.78 Å². The quantitative estimate of drug-likeness (QED) is 0.820. The molecule has 2 aromatic rings. The van der Waals surface area contributed by atoms with E-state index in [9.17, 15) is 0 Å². The fourth-order valence-electron chi connectivity index (χ4n) is 1.38. The van der Waals surface area contributed by atoms with Gasteiger partial charge in [-0.25, -0.2) is 0 Å². The molecule has 2 aromatic heterocycles. The lowest BCUT2D eigenvalue weighted by Crippen LogP contribution is -1.98. The van der Waals surface area contributed by atoms with Crippen LogP contribution in [0.4, 0.5) is 5.69 Å². The molecule has 14 heavy (non-hydrogen) atoms. The van der Waals surface area contributed by atoms with E-state index in [0.29, 0.717) is 0 Å². The Kier molecular flexibility index (Phi) is 2.29. The lowest BCUT2D eigenvalue weighted by Gasteiger charge is -1.96. The van der Waals surface area contributed by atoms with Gasteiger partial charge in [-0.05, 0) is 30.9 Å². The molecule has 0 amide bonds. The molecule has 74 valence electrons. The average molecular weight is 207 g/mol. The van der Waals surface area contributed by atoms with Gasteiger partial charge in [0.15, 0.2) is 0 Å². The van der Waals surface area contributed by atoms with Crippen LogP contribution in [0.3, 0.4) is 0 Å². The summed E-state index contributed by atoms with van der Waals surface area (Å²) in [6.07, 6.45) is 1.88. The molecule has 0 aromatic carbocycles. The number of rotatable bonds is 2. The van der Waals surface area contributed by atoms with Crippen molar-refractivity contribution in [1.82, 2.24) is 9.78 Å². The maximum atomic E-state index is 5.72. The van der Waals surface area contributed by atoms with E-state index in [1.54, 1.807) is 11.3 Å². The average Bonchev–Trinajstić information content (AvgIpc) is 2.62. The van der Waals surface area contributed by atoms with Gasteiger partial charge in [-0.1, -0.05) is 0 Å². The predicted octanol–water partition coefficient (Wildman–Crippen LogP) is 2.19. The molecule has 0 aliphatic heterocycles. The monoisotopic (exact) mass is 207 g/mol. The Morgan fingerprint density at radius 1 is 1.50 bits per heavy atom. The summed E-state index contributed by atoms with van der Waals surface area (Å²) in [5, 5.41) is 6.47. The molecule has 0 atom stereocenters. The molecule has 0 unspecified atom stereocenters. The van der Waals surface area contributed by atoms with Gasteiger partial charge in [0.05, 0.1) is 17.9 Å². The normalized spacial score (nSPS) is 10.7. The van der Waals surface area contributed by atoms with Crippen molar-refractivity contribution >= 4 is 17.0 Å². The van der Waals surface area contributed by atoms with E-state index >= 15 is 0 Å². The van der Waals surface area contributed by atoms with Crippen LogP contribution in [0.25, 0.3) is 0 Å². The Morgan fingerprint density at radius 2 is 2.29 bits per heavy atom. The molecule has 2 N–H and O–H groups in total. The summed E-state index contributed by atoms with van der Waals surface area (Å²) in [5.74, 6) is 0. The van der Waals surface area contributed by atoms with Gasteiger partial charge >= 0.3 is 0 Å². The minimum atomic E-state index is 0.761. The second-order valence-corrected chi connectivity index (χ2v) is 4.55. The second kappa shape index (κ2) is 3.46. The molecule has 0 saturated carbocycles. The van der Waals surface area contributed by atoms with Crippen molar-refractivity contribution in [2.24, 2.45) is 0 Å². The zero-order valence-corrected chi connectivity index (χ0v) is 9.14. The molecule has 0 spiro atoms. The molecule has 3 nitrogen and oxygen atoms in total. The standard InChI is InChI=1S/C10H13N3S/c1-7-3-9(6-14-7)4-13-5-10(11)8(2)12-13/h3,5-6H,4,11H2,1-2H3. The fraction of sp³-hybridized carbons (Fsp3) is 0.300.